The minimum atomic E-state index is -5.43. The first-order valence-corrected chi connectivity index (χ1v) is 27.4. The molecule has 3 heterocycles. The van der Waals surface area contributed by atoms with Crippen molar-refractivity contribution in [2.75, 3.05) is 0 Å². The zero-order chi connectivity index (χ0) is 69.5. The van der Waals surface area contributed by atoms with Crippen LogP contribution in [0.15, 0.2) is 182 Å². The van der Waals surface area contributed by atoms with E-state index in [1.807, 2.05) is 6.07 Å². The van der Waals surface area contributed by atoms with Crippen molar-refractivity contribution in [3.63, 3.8) is 0 Å². The van der Waals surface area contributed by atoms with Crippen molar-refractivity contribution in [2.24, 2.45) is 0 Å². The molecule has 9 aromatic carbocycles. The van der Waals surface area contributed by atoms with Gasteiger partial charge in [-0.05, 0) is 160 Å². The fraction of sp³-hybridized carbons (Fsp3) is 0.118. The van der Waals surface area contributed by atoms with E-state index in [1.54, 1.807) is 0 Å². The van der Waals surface area contributed by atoms with Crippen molar-refractivity contribution in [2.45, 2.75) is 49.4 Å². The van der Waals surface area contributed by atoms with Gasteiger partial charge in [-0.3, -0.25) is 4.98 Å². The first-order chi connectivity index (χ1) is 44.5. The quantitative estimate of drug-likeness (QED) is 0.149. The summed E-state index contributed by atoms with van der Waals surface area (Å²) < 4.78 is 351. The molecule has 0 spiro atoms. The van der Waals surface area contributed by atoms with Crippen LogP contribution in [0.25, 0.3) is 111 Å². The van der Waals surface area contributed by atoms with Crippen molar-refractivity contribution in [1.82, 2.24) is 14.1 Å². The molecule has 12 aromatic rings. The highest BCUT2D eigenvalue weighted by Gasteiger charge is 2.42. The molecular weight excluding hydrogens is 1330 g/mol. The number of aromatic nitrogens is 3. The number of nitrogens with zero attached hydrogens (tertiary/aromatic N) is 4. The summed E-state index contributed by atoms with van der Waals surface area (Å²) in [7, 11) is 0. The molecule has 0 unspecified atom stereocenters. The zero-order valence-corrected chi connectivity index (χ0v) is 47.2. The van der Waals surface area contributed by atoms with Crippen LogP contribution in [0, 0.1) is 11.3 Å². The van der Waals surface area contributed by atoms with Gasteiger partial charge in [-0.2, -0.15) is 111 Å². The van der Waals surface area contributed by atoms with E-state index in [0.29, 0.717) is 48.5 Å². The Bertz CT molecular complexity index is 4780. The number of pyridine rings is 1. The van der Waals surface area contributed by atoms with Crippen molar-refractivity contribution < 1.29 is 105 Å². The number of fused-ring (bicyclic) bond motifs is 6. The average molecular weight is 1360 g/mol. The highest BCUT2D eigenvalue weighted by atomic mass is 19.4. The summed E-state index contributed by atoms with van der Waals surface area (Å²) >= 11 is 0. The highest BCUT2D eigenvalue weighted by Crippen LogP contribution is 2.49. The number of alkyl halides is 24. The van der Waals surface area contributed by atoms with Gasteiger partial charge in [0.05, 0.1) is 89.6 Å². The molecule has 0 atom stereocenters. The van der Waals surface area contributed by atoms with Gasteiger partial charge in [0, 0.05) is 45.1 Å². The molecule has 4 nitrogen and oxygen atoms in total. The molecule has 28 heteroatoms. The average Bonchev–Trinajstić information content (AvgIpc) is 1.55. The first kappa shape index (κ1) is 65.6. The Morgan fingerprint density at radius 2 is 0.521 bits per heavy atom. The molecule has 3 aromatic heterocycles. The van der Waals surface area contributed by atoms with Crippen molar-refractivity contribution in [1.29, 1.82) is 5.26 Å². The van der Waals surface area contributed by atoms with Crippen LogP contribution in [0.5, 0.6) is 0 Å². The van der Waals surface area contributed by atoms with Gasteiger partial charge in [0.15, 0.2) is 0 Å². The van der Waals surface area contributed by atoms with Gasteiger partial charge >= 0.3 is 49.4 Å². The molecule has 0 amide bonds. The Balaban J connectivity index is 1.28. The molecule has 0 bridgehead atoms. The van der Waals surface area contributed by atoms with E-state index in [1.165, 1.54) is 54.9 Å². The fourth-order valence-electron chi connectivity index (χ4n) is 11.5. The third-order valence-electron chi connectivity index (χ3n) is 15.9. The second-order valence-electron chi connectivity index (χ2n) is 22.0. The SMILES string of the molecule is N#Cc1cc(-n2c3cc(-c4cc(C(F)(F)F)cc(C(F)(F)F)c4)ccc3c3ccc(-c4cc(C(F)(F)F)cc(C(F)(F)F)c4)cc32)c(-n2c3cc(-c4cc(C(F)(F)F)cc(C(F)(F)F)c4)ccc3c3ccc(-c4cc(C(F)(F)F)cc(C(F)(F)F)c4)cc32)cc1-c1cccnc1. The molecule has 0 aliphatic rings. The van der Waals surface area contributed by atoms with Gasteiger partial charge in [-0.15, -0.1) is 0 Å². The maximum atomic E-state index is 14.5. The zero-order valence-electron chi connectivity index (χ0n) is 47.2. The van der Waals surface area contributed by atoms with E-state index >= 15 is 0 Å². The number of hydrogen-bond acceptors (Lipinski definition) is 2. The molecule has 12 rings (SSSR count). The van der Waals surface area contributed by atoms with Crippen LogP contribution in [0.2, 0.25) is 0 Å². The van der Waals surface area contributed by atoms with Crippen molar-refractivity contribution in [3.8, 4) is 73.1 Å². The third-order valence-corrected chi connectivity index (χ3v) is 15.9. The maximum Gasteiger partial charge on any atom is 0.416 e. The first-order valence-electron chi connectivity index (χ1n) is 27.4. The molecule has 0 fully saturated rings. The fourth-order valence-corrected chi connectivity index (χ4v) is 11.5. The van der Waals surface area contributed by atoms with Gasteiger partial charge in [-0.1, -0.05) is 54.6 Å². The van der Waals surface area contributed by atoms with Gasteiger partial charge in [-0.25, -0.2) is 0 Å². The highest BCUT2D eigenvalue weighted by molar-refractivity contribution is 6.14. The number of rotatable bonds is 7. The molecule has 96 heavy (non-hydrogen) atoms. The summed E-state index contributed by atoms with van der Waals surface area (Å²) in [5.74, 6) is 0. The van der Waals surface area contributed by atoms with E-state index in [4.69, 9.17) is 0 Å². The summed E-state index contributed by atoms with van der Waals surface area (Å²) in [5, 5.41) is 11.0. The number of halogens is 24. The van der Waals surface area contributed by atoms with Gasteiger partial charge in [0.25, 0.3) is 0 Å². The van der Waals surface area contributed by atoms with Gasteiger partial charge in [0.2, 0.25) is 0 Å². The Kier molecular flexibility index (Phi) is 15.3. The lowest BCUT2D eigenvalue weighted by Gasteiger charge is -2.20. The Labute approximate surface area is 521 Å². The topological polar surface area (TPSA) is 46.5 Å². The number of nitriles is 1. The van der Waals surface area contributed by atoms with Crippen molar-refractivity contribution >= 4 is 43.6 Å². The minimum Gasteiger partial charge on any atom is -0.307 e. The van der Waals surface area contributed by atoms with Crippen molar-refractivity contribution in [3.05, 3.63) is 232 Å². The number of benzene rings is 9. The summed E-state index contributed by atoms with van der Waals surface area (Å²) in [6.07, 6.45) is -40.9. The summed E-state index contributed by atoms with van der Waals surface area (Å²) in [4.78, 5) is 4.11. The van der Waals surface area contributed by atoms with Crippen LogP contribution in [0.1, 0.15) is 50.1 Å². The van der Waals surface area contributed by atoms with E-state index in [2.05, 4.69) is 4.98 Å². The third kappa shape index (κ3) is 12.3. The van der Waals surface area contributed by atoms with E-state index in [0.717, 1.165) is 63.7 Å². The molecule has 490 valence electrons. The van der Waals surface area contributed by atoms with Crippen LogP contribution < -0.4 is 0 Å². The Morgan fingerprint density at radius 3 is 0.740 bits per heavy atom. The maximum absolute atomic E-state index is 14.5. The molecule has 0 saturated carbocycles. The smallest absolute Gasteiger partial charge is 0.307 e. The van der Waals surface area contributed by atoms with Gasteiger partial charge in [0.1, 0.15) is 0 Å². The minimum absolute atomic E-state index is 0.0246. The van der Waals surface area contributed by atoms with Crippen LogP contribution in [-0.2, 0) is 49.4 Å². The lowest BCUT2D eigenvalue weighted by molar-refractivity contribution is -0.144. The molecular formula is C68H30F24N4. The molecule has 0 saturated heterocycles. The lowest BCUT2D eigenvalue weighted by atomic mass is 9.97. The second-order valence-corrected chi connectivity index (χ2v) is 22.0. The van der Waals surface area contributed by atoms with Crippen LogP contribution in [0.4, 0.5) is 105 Å². The summed E-state index contributed by atoms with van der Waals surface area (Å²) in [6.45, 7) is 0. The Morgan fingerprint density at radius 1 is 0.271 bits per heavy atom. The normalized spacial score (nSPS) is 13.2. The standard InChI is InChI=1S/C68H30F24N4/c69-61(70,71)42-12-37(13-43(25-42)62(72,73)74)32-3-7-50-51-8-4-33(38-14-44(63(75,76)77)26-45(15-38)64(78,79)80)21-56(51)95(55(50)20-32)59-24-41(30-93)54(36-2-1-11-94-31-36)29-60(59)96-57-22-34(39-16-46(65(81,82)83)27-47(17-39)66(84,85)86)5-9-52(57)53-10-6-35(23-58(53)96)40-18-48(67(87,88)89)28-49(19-40)68(90,91)92/h1-29,31H. The largest absolute Gasteiger partial charge is 0.416 e. The molecule has 0 aliphatic heterocycles. The Hall–Kier alpha value is -10.5. The predicted octanol–water partition coefficient (Wildman–Crippen LogP) is 23.6. The molecule has 0 N–H and O–H groups in total. The van der Waals surface area contributed by atoms with Crippen LogP contribution in [-0.4, -0.2) is 14.1 Å². The predicted molar refractivity (Wildman–Crippen MR) is 305 cm³/mol. The van der Waals surface area contributed by atoms with E-state index in [-0.39, 0.29) is 90.3 Å². The molecule has 0 aliphatic carbocycles. The molecule has 0 radical (unpaired) electrons. The van der Waals surface area contributed by atoms with Gasteiger partial charge < -0.3 is 9.13 Å². The second kappa shape index (κ2) is 22.3. The van der Waals surface area contributed by atoms with E-state index in [9.17, 15) is 111 Å². The number of hydrogen-bond donors (Lipinski definition) is 0. The van der Waals surface area contributed by atoms with E-state index < -0.39 is 144 Å². The van der Waals surface area contributed by atoms with Crippen LogP contribution in [0.3, 0.4) is 0 Å². The monoisotopic (exact) mass is 1360 g/mol. The summed E-state index contributed by atoms with van der Waals surface area (Å²) in [5.41, 5.74) is -21.4. The lowest BCUT2D eigenvalue weighted by Crippen LogP contribution is -2.11. The summed E-state index contributed by atoms with van der Waals surface area (Å²) in [6, 6.07) is 22.4. The van der Waals surface area contributed by atoms with Crippen LogP contribution >= 0.6 is 0 Å².